The summed E-state index contributed by atoms with van der Waals surface area (Å²) >= 11 is 0. The predicted molar refractivity (Wildman–Crippen MR) is 99.7 cm³/mol. The zero-order chi connectivity index (χ0) is 21.0. The standard InChI is InChI=1S/C19H16F3N5O2/c1-2-17(28)23-12-6-5-7-13(10-12)24-18(29)15-11-27(26-25-15)16-9-4-3-8-14(16)19(20,21)22/h3-11H,2H2,1H3,(H,23,28)(H,24,29). The van der Waals surface area contributed by atoms with Gasteiger partial charge < -0.3 is 10.6 Å². The van der Waals surface area contributed by atoms with Crippen LogP contribution in [0.5, 0.6) is 0 Å². The Morgan fingerprint density at radius 1 is 1.03 bits per heavy atom. The van der Waals surface area contributed by atoms with Crippen LogP contribution in [0.4, 0.5) is 24.5 Å². The van der Waals surface area contributed by atoms with Gasteiger partial charge in [0.25, 0.3) is 5.91 Å². The number of amides is 2. The van der Waals surface area contributed by atoms with Gasteiger partial charge in [0.15, 0.2) is 5.69 Å². The van der Waals surface area contributed by atoms with Gasteiger partial charge in [-0.25, -0.2) is 4.68 Å². The molecule has 2 amide bonds. The molecule has 3 rings (SSSR count). The normalized spacial score (nSPS) is 11.2. The van der Waals surface area contributed by atoms with Gasteiger partial charge in [-0.05, 0) is 30.3 Å². The van der Waals surface area contributed by atoms with E-state index < -0.39 is 17.6 Å². The minimum atomic E-state index is -4.58. The largest absolute Gasteiger partial charge is 0.418 e. The van der Waals surface area contributed by atoms with Gasteiger partial charge in [0.1, 0.15) is 0 Å². The summed E-state index contributed by atoms with van der Waals surface area (Å²) < 4.78 is 40.4. The first-order valence-electron chi connectivity index (χ1n) is 8.58. The molecule has 3 aromatic rings. The summed E-state index contributed by atoms with van der Waals surface area (Å²) in [5.41, 5.74) is -0.413. The Labute approximate surface area is 163 Å². The van der Waals surface area contributed by atoms with Crippen molar-refractivity contribution in [3.63, 3.8) is 0 Å². The average Bonchev–Trinajstić information content (AvgIpc) is 3.18. The first-order chi connectivity index (χ1) is 13.8. The van der Waals surface area contributed by atoms with Crippen LogP contribution in [0.3, 0.4) is 0 Å². The Morgan fingerprint density at radius 3 is 2.41 bits per heavy atom. The van der Waals surface area contributed by atoms with E-state index in [2.05, 4.69) is 20.9 Å². The number of nitrogens with one attached hydrogen (secondary N) is 2. The van der Waals surface area contributed by atoms with E-state index in [4.69, 9.17) is 0 Å². The van der Waals surface area contributed by atoms with Gasteiger partial charge in [-0.1, -0.05) is 30.3 Å². The fourth-order valence-corrected chi connectivity index (χ4v) is 2.52. The fourth-order valence-electron chi connectivity index (χ4n) is 2.52. The van der Waals surface area contributed by atoms with Gasteiger partial charge in [0.05, 0.1) is 17.4 Å². The van der Waals surface area contributed by atoms with Crippen molar-refractivity contribution in [1.82, 2.24) is 15.0 Å². The lowest BCUT2D eigenvalue weighted by Gasteiger charge is -2.11. The van der Waals surface area contributed by atoms with Gasteiger partial charge in [0, 0.05) is 17.8 Å². The van der Waals surface area contributed by atoms with E-state index in [0.29, 0.717) is 17.8 Å². The Hall–Kier alpha value is -3.69. The summed E-state index contributed by atoms with van der Waals surface area (Å²) in [4.78, 5) is 23.9. The molecule has 1 heterocycles. The molecule has 0 aliphatic heterocycles. The van der Waals surface area contributed by atoms with Crippen LogP contribution in [0.25, 0.3) is 5.69 Å². The third kappa shape index (κ3) is 4.78. The number of carbonyl (C=O) groups excluding carboxylic acids is 2. The molecule has 7 nitrogen and oxygen atoms in total. The summed E-state index contributed by atoms with van der Waals surface area (Å²) in [6.07, 6.45) is -3.16. The fraction of sp³-hybridized carbons (Fsp3) is 0.158. The molecule has 2 N–H and O–H groups in total. The number of hydrogen-bond acceptors (Lipinski definition) is 4. The number of para-hydroxylation sites is 1. The van der Waals surface area contributed by atoms with Gasteiger partial charge >= 0.3 is 6.18 Å². The highest BCUT2D eigenvalue weighted by Crippen LogP contribution is 2.33. The van der Waals surface area contributed by atoms with Crippen molar-refractivity contribution in [1.29, 1.82) is 0 Å². The molecule has 29 heavy (non-hydrogen) atoms. The first-order valence-corrected chi connectivity index (χ1v) is 8.58. The molecule has 0 aliphatic rings. The molecule has 2 aromatic carbocycles. The lowest BCUT2D eigenvalue weighted by atomic mass is 10.1. The van der Waals surface area contributed by atoms with Crippen molar-refractivity contribution >= 4 is 23.2 Å². The van der Waals surface area contributed by atoms with E-state index in [9.17, 15) is 22.8 Å². The van der Waals surface area contributed by atoms with Crippen LogP contribution in [-0.4, -0.2) is 26.8 Å². The van der Waals surface area contributed by atoms with Crippen molar-refractivity contribution in [2.45, 2.75) is 19.5 Å². The van der Waals surface area contributed by atoms with Gasteiger partial charge in [-0.3, -0.25) is 9.59 Å². The van der Waals surface area contributed by atoms with E-state index in [1.54, 1.807) is 31.2 Å². The maximum Gasteiger partial charge on any atom is 0.418 e. The molecule has 0 unspecified atom stereocenters. The summed E-state index contributed by atoms with van der Waals surface area (Å²) in [6, 6.07) is 11.3. The van der Waals surface area contributed by atoms with Crippen LogP contribution in [0.15, 0.2) is 54.7 Å². The summed E-state index contributed by atoms with van der Waals surface area (Å²) in [5, 5.41) is 12.5. The van der Waals surface area contributed by atoms with Crippen LogP contribution in [0.2, 0.25) is 0 Å². The number of halogens is 3. The van der Waals surface area contributed by atoms with Crippen LogP contribution in [0.1, 0.15) is 29.4 Å². The number of alkyl halides is 3. The zero-order valence-electron chi connectivity index (χ0n) is 15.2. The summed E-state index contributed by atoms with van der Waals surface area (Å²) in [5.74, 6) is -0.834. The second-order valence-electron chi connectivity index (χ2n) is 6.00. The van der Waals surface area contributed by atoms with Crippen molar-refractivity contribution in [3.8, 4) is 5.69 Å². The highest BCUT2D eigenvalue weighted by molar-refractivity contribution is 6.03. The number of anilines is 2. The van der Waals surface area contributed by atoms with Gasteiger partial charge in [-0.2, -0.15) is 13.2 Å². The molecule has 0 radical (unpaired) electrons. The van der Waals surface area contributed by atoms with Gasteiger partial charge in [0.2, 0.25) is 5.91 Å². The lowest BCUT2D eigenvalue weighted by molar-refractivity contribution is -0.137. The monoisotopic (exact) mass is 403 g/mol. The molecule has 0 atom stereocenters. The second-order valence-corrected chi connectivity index (χ2v) is 6.00. The Bertz CT molecular complexity index is 1050. The van der Waals surface area contributed by atoms with Crippen molar-refractivity contribution in [2.75, 3.05) is 10.6 Å². The van der Waals surface area contributed by atoms with E-state index in [1.165, 1.54) is 18.2 Å². The number of nitrogens with zero attached hydrogens (tertiary/aromatic N) is 3. The Kier molecular flexibility index (Phi) is 5.62. The molecule has 0 fully saturated rings. The molecule has 10 heteroatoms. The van der Waals surface area contributed by atoms with Crippen molar-refractivity contribution in [2.24, 2.45) is 0 Å². The maximum atomic E-state index is 13.2. The molecular formula is C19H16F3N5O2. The second kappa shape index (κ2) is 8.13. The zero-order valence-corrected chi connectivity index (χ0v) is 15.2. The molecule has 150 valence electrons. The van der Waals surface area contributed by atoms with Crippen LogP contribution in [0, 0.1) is 0 Å². The van der Waals surface area contributed by atoms with Crippen LogP contribution >= 0.6 is 0 Å². The number of benzene rings is 2. The number of rotatable bonds is 5. The highest BCUT2D eigenvalue weighted by Gasteiger charge is 2.34. The van der Waals surface area contributed by atoms with Crippen LogP contribution in [-0.2, 0) is 11.0 Å². The summed E-state index contributed by atoms with van der Waals surface area (Å²) in [7, 11) is 0. The maximum absolute atomic E-state index is 13.2. The molecular weight excluding hydrogens is 387 g/mol. The Balaban J connectivity index is 1.79. The lowest BCUT2D eigenvalue weighted by Crippen LogP contribution is -2.13. The van der Waals surface area contributed by atoms with Crippen molar-refractivity contribution in [3.05, 3.63) is 66.0 Å². The minimum absolute atomic E-state index is 0.162. The van der Waals surface area contributed by atoms with E-state index in [-0.39, 0.29) is 17.3 Å². The topological polar surface area (TPSA) is 88.9 Å². The van der Waals surface area contributed by atoms with E-state index in [0.717, 1.165) is 16.9 Å². The third-order valence-corrected chi connectivity index (χ3v) is 3.91. The quantitative estimate of drug-likeness (QED) is 0.677. The number of carbonyl (C=O) groups is 2. The van der Waals surface area contributed by atoms with Crippen molar-refractivity contribution < 1.29 is 22.8 Å². The number of hydrogen-bond donors (Lipinski definition) is 2. The van der Waals surface area contributed by atoms with Gasteiger partial charge in [-0.15, -0.1) is 5.10 Å². The molecule has 0 spiro atoms. The SMILES string of the molecule is CCC(=O)Nc1cccc(NC(=O)c2cn(-c3ccccc3C(F)(F)F)nn2)c1. The minimum Gasteiger partial charge on any atom is -0.326 e. The van der Waals surface area contributed by atoms with E-state index >= 15 is 0 Å². The van der Waals surface area contributed by atoms with Crippen LogP contribution < -0.4 is 10.6 Å². The summed E-state index contributed by atoms with van der Waals surface area (Å²) in [6.45, 7) is 1.71. The van der Waals surface area contributed by atoms with E-state index in [1.807, 2.05) is 0 Å². The first kappa shape index (κ1) is 20.1. The number of aromatic nitrogens is 3. The Morgan fingerprint density at radius 2 is 1.72 bits per heavy atom. The highest BCUT2D eigenvalue weighted by atomic mass is 19.4. The average molecular weight is 403 g/mol. The predicted octanol–water partition coefficient (Wildman–Crippen LogP) is 3.89. The molecule has 0 saturated carbocycles. The third-order valence-electron chi connectivity index (χ3n) is 3.91. The smallest absolute Gasteiger partial charge is 0.326 e. The molecule has 0 aliphatic carbocycles. The molecule has 0 bridgehead atoms. The molecule has 1 aromatic heterocycles. The molecule has 0 saturated heterocycles.